The molecule has 2 fully saturated rings. The van der Waals surface area contributed by atoms with E-state index < -0.39 is 41.1 Å². The van der Waals surface area contributed by atoms with Crippen molar-refractivity contribution in [3.63, 3.8) is 0 Å². The molecule has 2 amide bonds. The van der Waals surface area contributed by atoms with E-state index in [1.807, 2.05) is 0 Å². The van der Waals surface area contributed by atoms with Crippen LogP contribution in [-0.2, 0) is 12.4 Å². The van der Waals surface area contributed by atoms with Gasteiger partial charge < -0.3 is 20.4 Å². The number of rotatable bonds is 7. The zero-order valence-corrected chi connectivity index (χ0v) is 28.0. The molecule has 2 aliphatic rings. The maximum absolute atomic E-state index is 13.5. The van der Waals surface area contributed by atoms with Crippen LogP contribution in [0.4, 0.5) is 53.5 Å². The molecule has 274 valence electrons. The number of carbonyl (C=O) groups excluding carboxylic acids is 3. The Morgan fingerprint density at radius 3 is 1.38 bits per heavy atom. The van der Waals surface area contributed by atoms with E-state index in [1.165, 1.54) is 55.5 Å². The average molecular weight is 729 g/mol. The van der Waals surface area contributed by atoms with Gasteiger partial charge in [0.15, 0.2) is 5.78 Å². The van der Waals surface area contributed by atoms with Crippen molar-refractivity contribution in [1.82, 2.24) is 0 Å². The van der Waals surface area contributed by atoms with Crippen molar-refractivity contribution < 1.29 is 45.1 Å². The van der Waals surface area contributed by atoms with Gasteiger partial charge in [0.1, 0.15) is 5.82 Å². The number of halogens is 7. The molecule has 52 heavy (non-hydrogen) atoms. The van der Waals surface area contributed by atoms with Crippen LogP contribution in [0.2, 0.25) is 0 Å². The van der Waals surface area contributed by atoms with E-state index in [0.717, 1.165) is 43.9 Å². The van der Waals surface area contributed by atoms with Crippen LogP contribution in [0.3, 0.4) is 0 Å². The van der Waals surface area contributed by atoms with Crippen LogP contribution in [0, 0.1) is 5.82 Å². The Hall–Kier alpha value is -5.40. The number of nitrogens with one attached hydrogen (secondary N) is 2. The molecule has 2 N–H and O–H groups in total. The molecule has 4 aromatic rings. The Kier molecular flexibility index (Phi) is 11.6. The van der Waals surface area contributed by atoms with Gasteiger partial charge in [0.25, 0.3) is 11.8 Å². The summed E-state index contributed by atoms with van der Waals surface area (Å²) in [6.45, 7) is 3.68. The molecule has 2 aliphatic heterocycles. The summed E-state index contributed by atoms with van der Waals surface area (Å²) in [6, 6.07) is 18.6. The highest BCUT2D eigenvalue weighted by Gasteiger charge is 2.37. The van der Waals surface area contributed by atoms with Crippen LogP contribution in [0.1, 0.15) is 74.8 Å². The van der Waals surface area contributed by atoms with E-state index in [1.54, 1.807) is 28.0 Å². The maximum atomic E-state index is 13.5. The molecule has 0 aromatic heterocycles. The van der Waals surface area contributed by atoms with Crippen molar-refractivity contribution in [2.75, 3.05) is 46.6 Å². The first-order chi connectivity index (χ1) is 24.6. The van der Waals surface area contributed by atoms with Gasteiger partial charge in [-0.2, -0.15) is 26.3 Å². The summed E-state index contributed by atoms with van der Waals surface area (Å²) in [5.74, 6) is -2.09. The average Bonchev–Trinajstić information content (AvgIpc) is 3.83. The van der Waals surface area contributed by atoms with E-state index in [0.29, 0.717) is 37.4 Å². The monoisotopic (exact) mass is 728 g/mol. The molecule has 2 saturated heterocycles. The van der Waals surface area contributed by atoms with E-state index in [9.17, 15) is 45.1 Å². The van der Waals surface area contributed by atoms with Crippen molar-refractivity contribution in [2.24, 2.45) is 0 Å². The Labute approximate surface area is 295 Å². The third-order valence-corrected chi connectivity index (χ3v) is 8.63. The summed E-state index contributed by atoms with van der Waals surface area (Å²) >= 11 is 0. The van der Waals surface area contributed by atoms with Crippen LogP contribution in [0.25, 0.3) is 0 Å². The predicted molar refractivity (Wildman–Crippen MR) is 185 cm³/mol. The third-order valence-electron chi connectivity index (χ3n) is 8.63. The summed E-state index contributed by atoms with van der Waals surface area (Å²) in [6.07, 6.45) is -5.72. The number of amides is 2. The van der Waals surface area contributed by atoms with Crippen molar-refractivity contribution in [3.05, 3.63) is 119 Å². The van der Waals surface area contributed by atoms with Gasteiger partial charge in [-0.3, -0.25) is 14.4 Å². The molecule has 7 nitrogen and oxygen atoms in total. The van der Waals surface area contributed by atoms with Gasteiger partial charge in [-0.05, 0) is 99.3 Å². The van der Waals surface area contributed by atoms with Crippen LogP contribution in [0.15, 0.2) is 84.9 Å². The fourth-order valence-corrected chi connectivity index (χ4v) is 6.06. The minimum absolute atomic E-state index is 0.0847. The molecule has 4 aromatic carbocycles. The fraction of sp³-hybridized carbons (Fsp3) is 0.289. The van der Waals surface area contributed by atoms with Crippen LogP contribution in [-0.4, -0.2) is 43.8 Å². The second-order valence-electron chi connectivity index (χ2n) is 12.4. The molecule has 0 atom stereocenters. The number of hydrogen-bond acceptors (Lipinski definition) is 5. The fourth-order valence-electron chi connectivity index (χ4n) is 6.06. The van der Waals surface area contributed by atoms with Gasteiger partial charge >= 0.3 is 12.4 Å². The highest BCUT2D eigenvalue weighted by molar-refractivity contribution is 6.06. The standard InChI is InChI=1S/C20H19F3N2O2.C18H16F4N2O/c1-13(26)14-5-4-6-16(11-14)24-19(27)15-7-8-18(25-9-2-3-10-25)17(12-15)20(21,22)23;19-13-4-3-5-14(11-13)23-17(25)12-6-7-16(24-8-1-2-9-24)15(10-12)18(20,21)22/h4-8,11-12H,2-3,9-10H2,1H3,(H,24,27);3-7,10-11H,1-2,8-9H2,(H,23,25). The third kappa shape index (κ3) is 9.47. The second kappa shape index (κ2) is 15.9. The number of anilines is 4. The largest absolute Gasteiger partial charge is 0.418 e. The highest BCUT2D eigenvalue weighted by Crippen LogP contribution is 2.40. The van der Waals surface area contributed by atoms with Gasteiger partial charge in [0.05, 0.1) is 11.1 Å². The molecule has 0 bridgehead atoms. The number of carbonyl (C=O) groups is 3. The Balaban J connectivity index is 0.000000202. The lowest BCUT2D eigenvalue weighted by Gasteiger charge is -2.23. The molecule has 0 saturated carbocycles. The molecule has 0 spiro atoms. The Bertz CT molecular complexity index is 1930. The lowest BCUT2D eigenvalue weighted by atomic mass is 10.1. The molecule has 0 unspecified atom stereocenters. The van der Waals surface area contributed by atoms with E-state index in [-0.39, 0.29) is 34.0 Å². The van der Waals surface area contributed by atoms with Crippen molar-refractivity contribution >= 4 is 40.3 Å². The summed E-state index contributed by atoms with van der Waals surface area (Å²) < 4.78 is 94.0. The lowest BCUT2D eigenvalue weighted by molar-refractivity contribution is -0.138. The minimum atomic E-state index is -4.56. The molecule has 0 aliphatic carbocycles. The first-order valence-electron chi connectivity index (χ1n) is 16.5. The van der Waals surface area contributed by atoms with E-state index in [2.05, 4.69) is 10.6 Å². The summed E-state index contributed by atoms with van der Waals surface area (Å²) in [4.78, 5) is 39.5. The quantitative estimate of drug-likeness (QED) is 0.146. The first-order valence-corrected chi connectivity index (χ1v) is 16.5. The Morgan fingerprint density at radius 2 is 0.981 bits per heavy atom. The van der Waals surface area contributed by atoms with E-state index >= 15 is 0 Å². The molecular formula is C38H35F7N4O3. The topological polar surface area (TPSA) is 81.8 Å². The van der Waals surface area contributed by atoms with Crippen molar-refractivity contribution in [1.29, 1.82) is 0 Å². The van der Waals surface area contributed by atoms with Gasteiger partial charge in [-0.25, -0.2) is 4.39 Å². The van der Waals surface area contributed by atoms with Crippen molar-refractivity contribution in [3.8, 4) is 0 Å². The Morgan fingerprint density at radius 1 is 0.558 bits per heavy atom. The zero-order chi connectivity index (χ0) is 37.6. The molecular weight excluding hydrogens is 693 g/mol. The second-order valence-corrected chi connectivity index (χ2v) is 12.4. The zero-order valence-electron chi connectivity index (χ0n) is 28.0. The SMILES string of the molecule is CC(=O)c1cccc(NC(=O)c2ccc(N3CCCC3)c(C(F)(F)F)c2)c1.O=C(Nc1cccc(F)c1)c1ccc(N2CCCC2)c(C(F)(F)F)c1. The van der Waals surface area contributed by atoms with Gasteiger partial charge in [0.2, 0.25) is 0 Å². The number of Topliss-reactive ketones (excluding diaryl/α,β-unsaturated/α-hetero) is 1. The molecule has 2 heterocycles. The van der Waals surface area contributed by atoms with Gasteiger partial charge in [-0.1, -0.05) is 18.2 Å². The number of nitrogens with zero attached hydrogens (tertiary/aromatic N) is 2. The number of hydrogen-bond donors (Lipinski definition) is 2. The van der Waals surface area contributed by atoms with Crippen molar-refractivity contribution in [2.45, 2.75) is 45.0 Å². The summed E-state index contributed by atoms with van der Waals surface area (Å²) in [7, 11) is 0. The number of alkyl halides is 6. The first kappa shape index (κ1) is 37.8. The van der Waals surface area contributed by atoms with Crippen LogP contribution >= 0.6 is 0 Å². The minimum Gasteiger partial charge on any atom is -0.371 e. The summed E-state index contributed by atoms with van der Waals surface area (Å²) in [5, 5.41) is 4.96. The smallest absolute Gasteiger partial charge is 0.371 e. The molecule has 0 radical (unpaired) electrons. The number of ketones is 1. The molecule has 6 rings (SSSR count). The normalized spacial score (nSPS) is 14.5. The van der Waals surface area contributed by atoms with Gasteiger partial charge in [0, 0.05) is 65.6 Å². The molecule has 14 heteroatoms. The summed E-state index contributed by atoms with van der Waals surface area (Å²) in [5.41, 5.74) is -0.712. The van der Waals surface area contributed by atoms with Crippen LogP contribution < -0.4 is 20.4 Å². The van der Waals surface area contributed by atoms with Crippen LogP contribution in [0.5, 0.6) is 0 Å². The lowest BCUT2D eigenvalue weighted by Crippen LogP contribution is -2.23. The van der Waals surface area contributed by atoms with E-state index in [4.69, 9.17) is 0 Å². The van der Waals surface area contributed by atoms with Gasteiger partial charge in [-0.15, -0.1) is 0 Å². The predicted octanol–water partition coefficient (Wildman–Crippen LogP) is 9.46. The number of benzene rings is 4. The maximum Gasteiger partial charge on any atom is 0.418 e. The highest BCUT2D eigenvalue weighted by atomic mass is 19.4.